The lowest BCUT2D eigenvalue weighted by molar-refractivity contribution is 0.00264. The molecular weight excluding hydrogens is 245 g/mol. The minimum absolute atomic E-state index is 0.0711. The van der Waals surface area contributed by atoms with E-state index in [0.29, 0.717) is 0 Å². The van der Waals surface area contributed by atoms with Gasteiger partial charge in [0, 0.05) is 0 Å². The van der Waals surface area contributed by atoms with Crippen LogP contribution in [0, 0.1) is 0 Å². The molecule has 1 aliphatic rings. The summed E-state index contributed by atoms with van der Waals surface area (Å²) in [6.07, 6.45) is 4.82. The molecule has 1 heterocycles. The molecule has 0 radical (unpaired) electrons. The highest BCUT2D eigenvalue weighted by molar-refractivity contribution is 7.46. The van der Waals surface area contributed by atoms with Crippen molar-refractivity contribution >= 4 is 7.82 Å². The second-order valence-corrected chi connectivity index (χ2v) is 4.52. The molecule has 2 atom stereocenters. The van der Waals surface area contributed by atoms with Crippen molar-refractivity contribution < 1.29 is 23.6 Å². The number of ether oxygens (including phenoxy) is 1. The summed E-state index contributed by atoms with van der Waals surface area (Å²) in [5, 5.41) is 3.01. The minimum atomic E-state index is -4.37. The van der Waals surface area contributed by atoms with Crippen LogP contribution < -0.4 is 5.32 Å². The molecule has 3 N–H and O–H groups in total. The Kier molecular flexibility index (Phi) is 8.47. The number of rotatable bonds is 5. The largest absolute Gasteiger partial charge is 0.469 e. The van der Waals surface area contributed by atoms with Gasteiger partial charge in [0.05, 0.1) is 12.7 Å². The number of allylic oxidation sites excluding steroid dienone is 1. The Morgan fingerprint density at radius 2 is 2.12 bits per heavy atom. The second kappa shape index (κ2) is 8.66. The van der Waals surface area contributed by atoms with E-state index in [2.05, 4.69) is 9.84 Å². The van der Waals surface area contributed by atoms with Gasteiger partial charge in [-0.1, -0.05) is 19.9 Å². The summed E-state index contributed by atoms with van der Waals surface area (Å²) < 4.78 is 20.2. The smallest absolute Gasteiger partial charge is 0.367 e. The highest BCUT2D eigenvalue weighted by atomic mass is 31.2. The van der Waals surface area contributed by atoms with Crippen LogP contribution in [0.5, 0.6) is 0 Å². The van der Waals surface area contributed by atoms with Crippen molar-refractivity contribution in [3.8, 4) is 0 Å². The molecule has 102 valence electrons. The highest BCUT2D eigenvalue weighted by Gasteiger charge is 2.27. The lowest BCUT2D eigenvalue weighted by atomic mass is 10.2. The number of hydrogen-bond acceptors (Lipinski definition) is 4. The standard InChI is InChI=1S/C8H16NO5P.C2H6/c1-2-5-9-8-4-3-7(14-8)6-13-15(10,11)12;1-2/h2,5,7-9H,3-4,6H2,1H3,(H2,10,11,12);1-2H3/b5-2-;. The fourth-order valence-corrected chi connectivity index (χ4v) is 1.70. The van der Waals surface area contributed by atoms with Gasteiger partial charge >= 0.3 is 7.82 Å². The fourth-order valence-electron chi connectivity index (χ4n) is 1.33. The molecule has 0 aromatic heterocycles. The van der Waals surface area contributed by atoms with Crippen LogP contribution >= 0.6 is 7.82 Å². The number of nitrogens with one attached hydrogen (secondary N) is 1. The third-order valence-corrected chi connectivity index (χ3v) is 2.47. The maximum atomic E-state index is 10.4. The van der Waals surface area contributed by atoms with E-state index in [1.54, 1.807) is 6.20 Å². The Labute approximate surface area is 102 Å². The van der Waals surface area contributed by atoms with Crippen LogP contribution in [0.1, 0.15) is 33.6 Å². The zero-order valence-electron chi connectivity index (χ0n) is 10.5. The zero-order valence-corrected chi connectivity index (χ0v) is 11.4. The first-order valence-corrected chi connectivity index (χ1v) is 7.27. The van der Waals surface area contributed by atoms with Crippen LogP contribution in [0.2, 0.25) is 0 Å². The summed E-state index contributed by atoms with van der Waals surface area (Å²) in [6.45, 7) is 5.81. The van der Waals surface area contributed by atoms with Gasteiger partial charge in [0.1, 0.15) is 6.23 Å². The lowest BCUT2D eigenvalue weighted by Gasteiger charge is -2.14. The molecule has 17 heavy (non-hydrogen) atoms. The lowest BCUT2D eigenvalue weighted by Crippen LogP contribution is -2.25. The van der Waals surface area contributed by atoms with Gasteiger partial charge in [0.15, 0.2) is 0 Å². The van der Waals surface area contributed by atoms with E-state index < -0.39 is 7.82 Å². The first-order valence-electron chi connectivity index (χ1n) is 5.74. The van der Waals surface area contributed by atoms with E-state index in [1.807, 2.05) is 26.8 Å². The topological polar surface area (TPSA) is 88.0 Å². The number of phosphoric ester groups is 1. The molecule has 0 spiro atoms. The van der Waals surface area contributed by atoms with Crippen LogP contribution in [0.3, 0.4) is 0 Å². The van der Waals surface area contributed by atoms with Gasteiger partial charge < -0.3 is 19.8 Å². The van der Waals surface area contributed by atoms with E-state index in [1.165, 1.54) is 0 Å². The molecule has 1 fully saturated rings. The first kappa shape index (κ1) is 16.6. The van der Waals surface area contributed by atoms with Gasteiger partial charge in [0.2, 0.25) is 0 Å². The van der Waals surface area contributed by atoms with E-state index in [0.717, 1.165) is 12.8 Å². The normalized spacial score (nSPS) is 24.5. The predicted molar refractivity (Wildman–Crippen MR) is 65.2 cm³/mol. The van der Waals surface area contributed by atoms with Crippen LogP contribution in [0.15, 0.2) is 12.3 Å². The average molecular weight is 267 g/mol. The van der Waals surface area contributed by atoms with Crippen LogP contribution in [0.25, 0.3) is 0 Å². The van der Waals surface area contributed by atoms with Gasteiger partial charge in [-0.15, -0.1) is 0 Å². The SMILES string of the molecule is C/C=C\NC1CCC(COP(=O)(O)O)O1.CC. The highest BCUT2D eigenvalue weighted by Crippen LogP contribution is 2.36. The Morgan fingerprint density at radius 1 is 1.47 bits per heavy atom. The van der Waals surface area contributed by atoms with Crippen molar-refractivity contribution in [1.29, 1.82) is 0 Å². The maximum absolute atomic E-state index is 10.4. The molecule has 7 heteroatoms. The van der Waals surface area contributed by atoms with Gasteiger partial charge in [-0.05, 0) is 26.0 Å². The molecule has 1 rings (SSSR count). The molecule has 0 aromatic carbocycles. The summed E-state index contributed by atoms with van der Waals surface area (Å²) in [4.78, 5) is 17.0. The quantitative estimate of drug-likeness (QED) is 0.658. The second-order valence-electron chi connectivity index (χ2n) is 3.28. The Bertz CT molecular complexity index is 265. The predicted octanol–water partition coefficient (Wildman–Crippen LogP) is 1.75. The van der Waals surface area contributed by atoms with E-state index in [4.69, 9.17) is 14.5 Å². The molecule has 1 aliphatic heterocycles. The van der Waals surface area contributed by atoms with Gasteiger partial charge in [-0.25, -0.2) is 4.57 Å². The molecular formula is C10H22NO5P. The van der Waals surface area contributed by atoms with Crippen molar-refractivity contribution in [2.45, 2.75) is 45.9 Å². The fraction of sp³-hybridized carbons (Fsp3) is 0.800. The molecule has 6 nitrogen and oxygen atoms in total. The molecule has 0 saturated carbocycles. The summed E-state index contributed by atoms with van der Waals surface area (Å²) >= 11 is 0. The summed E-state index contributed by atoms with van der Waals surface area (Å²) in [7, 11) is -4.37. The average Bonchev–Trinajstić information content (AvgIpc) is 2.73. The molecule has 2 unspecified atom stereocenters. The van der Waals surface area contributed by atoms with Gasteiger partial charge in [-0.2, -0.15) is 0 Å². The Balaban J connectivity index is 0.00000121. The van der Waals surface area contributed by atoms with Crippen molar-refractivity contribution in [2.75, 3.05) is 6.61 Å². The summed E-state index contributed by atoms with van der Waals surface area (Å²) in [5.74, 6) is 0. The van der Waals surface area contributed by atoms with E-state index >= 15 is 0 Å². The third-order valence-electron chi connectivity index (χ3n) is 1.98. The number of phosphoric acid groups is 1. The first-order chi connectivity index (χ1) is 8.01. The zero-order chi connectivity index (χ0) is 13.3. The van der Waals surface area contributed by atoms with Gasteiger partial charge in [-0.3, -0.25) is 4.52 Å². The van der Waals surface area contributed by atoms with Crippen molar-refractivity contribution in [1.82, 2.24) is 5.32 Å². The van der Waals surface area contributed by atoms with Crippen molar-refractivity contribution in [2.24, 2.45) is 0 Å². The summed E-state index contributed by atoms with van der Waals surface area (Å²) in [5.41, 5.74) is 0. The van der Waals surface area contributed by atoms with Crippen LogP contribution in [-0.2, 0) is 13.8 Å². The minimum Gasteiger partial charge on any atom is -0.367 e. The molecule has 0 amide bonds. The molecule has 0 bridgehead atoms. The maximum Gasteiger partial charge on any atom is 0.469 e. The number of hydrogen-bond donors (Lipinski definition) is 3. The van der Waals surface area contributed by atoms with Gasteiger partial charge in [0.25, 0.3) is 0 Å². The van der Waals surface area contributed by atoms with Crippen molar-refractivity contribution in [3.63, 3.8) is 0 Å². The van der Waals surface area contributed by atoms with Crippen LogP contribution in [-0.4, -0.2) is 28.7 Å². The van der Waals surface area contributed by atoms with Crippen LogP contribution in [0.4, 0.5) is 0 Å². The third kappa shape index (κ3) is 8.35. The Morgan fingerprint density at radius 3 is 2.65 bits per heavy atom. The van der Waals surface area contributed by atoms with Crippen molar-refractivity contribution in [3.05, 3.63) is 12.3 Å². The molecule has 0 aromatic rings. The molecule has 0 aliphatic carbocycles. The Hall–Kier alpha value is -0.390. The summed E-state index contributed by atoms with van der Waals surface area (Å²) in [6, 6.07) is 0. The monoisotopic (exact) mass is 267 g/mol. The molecule has 1 saturated heterocycles. The van der Waals surface area contributed by atoms with E-state index in [-0.39, 0.29) is 18.9 Å². The van der Waals surface area contributed by atoms with E-state index in [9.17, 15) is 4.57 Å².